The third kappa shape index (κ3) is 7.70. The number of benzene rings is 2. The molecule has 39 heavy (non-hydrogen) atoms. The standard InChI is InChI=1S/C33H44F4O2/c1-3-4-5-6-7-20-38-28-18-16-27(30(34)32(28)36)25-14-10-23(11-15-25)21-39-29-19-17-26(31(35)33(29)37)24-12-8-22(2)9-13-24/h16-19,22-25H,3-15,20-21H2,1-2H3. The highest BCUT2D eigenvalue weighted by molar-refractivity contribution is 5.34. The number of halogens is 4. The van der Waals surface area contributed by atoms with E-state index < -0.39 is 23.3 Å². The van der Waals surface area contributed by atoms with Gasteiger partial charge in [-0.3, -0.25) is 0 Å². The molecular formula is C33H44F4O2. The molecule has 0 atom stereocenters. The van der Waals surface area contributed by atoms with Gasteiger partial charge in [0.1, 0.15) is 0 Å². The summed E-state index contributed by atoms with van der Waals surface area (Å²) in [5.41, 5.74) is 0.855. The van der Waals surface area contributed by atoms with Crippen molar-refractivity contribution in [2.45, 2.75) is 109 Å². The van der Waals surface area contributed by atoms with E-state index in [2.05, 4.69) is 13.8 Å². The number of hydrogen-bond acceptors (Lipinski definition) is 2. The summed E-state index contributed by atoms with van der Waals surface area (Å²) in [7, 11) is 0. The molecule has 0 heterocycles. The molecule has 0 saturated heterocycles. The minimum atomic E-state index is -0.907. The molecule has 2 aromatic carbocycles. The van der Waals surface area contributed by atoms with Gasteiger partial charge < -0.3 is 9.47 Å². The summed E-state index contributed by atoms with van der Waals surface area (Å²) in [6.07, 6.45) is 12.1. The fraction of sp³-hybridized carbons (Fsp3) is 0.636. The second-order valence-corrected chi connectivity index (χ2v) is 11.8. The number of unbranched alkanes of at least 4 members (excludes halogenated alkanes) is 4. The molecule has 6 heteroatoms. The monoisotopic (exact) mass is 548 g/mol. The lowest BCUT2D eigenvalue weighted by atomic mass is 9.78. The molecule has 2 fully saturated rings. The van der Waals surface area contributed by atoms with Crippen molar-refractivity contribution in [1.82, 2.24) is 0 Å². The smallest absolute Gasteiger partial charge is 0.200 e. The van der Waals surface area contributed by atoms with Crippen molar-refractivity contribution >= 4 is 0 Å². The SMILES string of the molecule is CCCCCCCOc1ccc(C2CCC(COc3ccc(C4CCC(C)CC4)c(F)c3F)CC2)c(F)c1F. The third-order valence-corrected chi connectivity index (χ3v) is 8.88. The van der Waals surface area contributed by atoms with Crippen LogP contribution in [-0.4, -0.2) is 13.2 Å². The van der Waals surface area contributed by atoms with E-state index in [0.29, 0.717) is 36.5 Å². The Labute approximate surface area is 231 Å². The van der Waals surface area contributed by atoms with Gasteiger partial charge in [-0.15, -0.1) is 0 Å². The summed E-state index contributed by atoms with van der Waals surface area (Å²) in [4.78, 5) is 0. The first-order chi connectivity index (χ1) is 18.9. The summed E-state index contributed by atoms with van der Waals surface area (Å²) >= 11 is 0. The predicted molar refractivity (Wildman–Crippen MR) is 148 cm³/mol. The summed E-state index contributed by atoms with van der Waals surface area (Å²) in [5.74, 6) is -2.68. The van der Waals surface area contributed by atoms with Crippen LogP contribution in [0.2, 0.25) is 0 Å². The number of rotatable bonds is 12. The predicted octanol–water partition coefficient (Wildman–Crippen LogP) is 10.2. The van der Waals surface area contributed by atoms with Crippen LogP contribution in [0.5, 0.6) is 11.5 Å². The highest BCUT2D eigenvalue weighted by atomic mass is 19.2. The van der Waals surface area contributed by atoms with Crippen LogP contribution < -0.4 is 9.47 Å². The van der Waals surface area contributed by atoms with Gasteiger partial charge in [0.25, 0.3) is 0 Å². The van der Waals surface area contributed by atoms with Crippen LogP contribution in [0.3, 0.4) is 0 Å². The maximum atomic E-state index is 14.9. The molecule has 216 valence electrons. The summed E-state index contributed by atoms with van der Waals surface area (Å²) in [6.45, 7) is 5.02. The van der Waals surface area contributed by atoms with Crippen LogP contribution in [0.25, 0.3) is 0 Å². The van der Waals surface area contributed by atoms with E-state index >= 15 is 0 Å². The lowest BCUT2D eigenvalue weighted by molar-refractivity contribution is 0.191. The second kappa shape index (κ2) is 14.4. The molecule has 0 bridgehead atoms. The minimum Gasteiger partial charge on any atom is -0.490 e. The van der Waals surface area contributed by atoms with Crippen molar-refractivity contribution in [3.05, 3.63) is 58.7 Å². The highest BCUT2D eigenvalue weighted by Gasteiger charge is 2.28. The van der Waals surface area contributed by atoms with E-state index in [1.165, 1.54) is 6.42 Å². The van der Waals surface area contributed by atoms with Gasteiger partial charge in [-0.2, -0.15) is 8.78 Å². The fourth-order valence-electron chi connectivity index (χ4n) is 6.25. The van der Waals surface area contributed by atoms with E-state index in [4.69, 9.17) is 9.47 Å². The topological polar surface area (TPSA) is 18.5 Å². The molecule has 2 aliphatic rings. The molecular weight excluding hydrogens is 504 g/mol. The van der Waals surface area contributed by atoms with Crippen molar-refractivity contribution in [2.75, 3.05) is 13.2 Å². The van der Waals surface area contributed by atoms with Crippen molar-refractivity contribution in [3.63, 3.8) is 0 Å². The first kappa shape index (κ1) is 29.7. The minimum absolute atomic E-state index is 0.0212. The first-order valence-electron chi connectivity index (χ1n) is 15.1. The van der Waals surface area contributed by atoms with Crippen LogP contribution in [0.4, 0.5) is 17.6 Å². The molecule has 0 spiro atoms. The lowest BCUT2D eigenvalue weighted by Gasteiger charge is -2.29. The molecule has 2 aliphatic carbocycles. The van der Waals surface area contributed by atoms with Gasteiger partial charge in [0.2, 0.25) is 11.6 Å². The summed E-state index contributed by atoms with van der Waals surface area (Å²) in [6, 6.07) is 6.44. The Morgan fingerprint density at radius 3 is 1.69 bits per heavy atom. The highest BCUT2D eigenvalue weighted by Crippen LogP contribution is 2.40. The van der Waals surface area contributed by atoms with Gasteiger partial charge in [0.05, 0.1) is 13.2 Å². The van der Waals surface area contributed by atoms with E-state index in [1.54, 1.807) is 24.3 Å². The molecule has 2 saturated carbocycles. The average Bonchev–Trinajstić information content (AvgIpc) is 2.95. The Kier molecular flexibility index (Phi) is 11.0. The van der Waals surface area contributed by atoms with Crippen LogP contribution >= 0.6 is 0 Å². The maximum absolute atomic E-state index is 14.9. The van der Waals surface area contributed by atoms with Gasteiger partial charge in [-0.1, -0.05) is 64.5 Å². The van der Waals surface area contributed by atoms with Crippen molar-refractivity contribution in [1.29, 1.82) is 0 Å². The van der Waals surface area contributed by atoms with E-state index in [0.717, 1.165) is 64.2 Å². The zero-order valence-electron chi connectivity index (χ0n) is 23.6. The van der Waals surface area contributed by atoms with Crippen LogP contribution in [0.1, 0.15) is 120 Å². The molecule has 0 N–H and O–H groups in total. The molecule has 0 radical (unpaired) electrons. The maximum Gasteiger partial charge on any atom is 0.200 e. The summed E-state index contributed by atoms with van der Waals surface area (Å²) < 4.78 is 70.5. The largest absolute Gasteiger partial charge is 0.490 e. The van der Waals surface area contributed by atoms with Gasteiger partial charge in [0.15, 0.2) is 23.1 Å². The molecule has 2 nitrogen and oxygen atoms in total. The molecule has 0 aliphatic heterocycles. The third-order valence-electron chi connectivity index (χ3n) is 8.88. The number of hydrogen-bond donors (Lipinski definition) is 0. The lowest BCUT2D eigenvalue weighted by Crippen LogP contribution is -2.20. The second-order valence-electron chi connectivity index (χ2n) is 11.8. The molecule has 0 amide bonds. The zero-order valence-corrected chi connectivity index (χ0v) is 23.6. The van der Waals surface area contributed by atoms with Gasteiger partial charge >= 0.3 is 0 Å². The zero-order chi connectivity index (χ0) is 27.8. The Bertz CT molecular complexity index is 1060. The Balaban J connectivity index is 1.25. The Morgan fingerprint density at radius 2 is 1.13 bits per heavy atom. The molecule has 0 aromatic heterocycles. The number of ether oxygens (including phenoxy) is 2. The van der Waals surface area contributed by atoms with E-state index in [-0.39, 0.29) is 35.9 Å². The summed E-state index contributed by atoms with van der Waals surface area (Å²) in [5, 5.41) is 0. The van der Waals surface area contributed by atoms with Crippen LogP contribution in [-0.2, 0) is 0 Å². The Morgan fingerprint density at radius 1 is 0.615 bits per heavy atom. The molecule has 2 aromatic rings. The van der Waals surface area contributed by atoms with E-state index in [9.17, 15) is 17.6 Å². The van der Waals surface area contributed by atoms with Gasteiger partial charge in [-0.05, 0) is 91.9 Å². The molecule has 4 rings (SSSR count). The van der Waals surface area contributed by atoms with E-state index in [1.807, 2.05) is 0 Å². The first-order valence-corrected chi connectivity index (χ1v) is 15.1. The normalized spacial score (nSPS) is 23.5. The van der Waals surface area contributed by atoms with Crippen molar-refractivity contribution < 1.29 is 27.0 Å². The van der Waals surface area contributed by atoms with Crippen LogP contribution in [0, 0.1) is 35.1 Å². The van der Waals surface area contributed by atoms with Gasteiger partial charge in [-0.25, -0.2) is 8.78 Å². The quantitative estimate of drug-likeness (QED) is 0.194. The van der Waals surface area contributed by atoms with Crippen molar-refractivity contribution in [3.8, 4) is 11.5 Å². The van der Waals surface area contributed by atoms with Crippen molar-refractivity contribution in [2.24, 2.45) is 11.8 Å². The average molecular weight is 549 g/mol. The van der Waals surface area contributed by atoms with Crippen LogP contribution in [0.15, 0.2) is 24.3 Å². The fourth-order valence-corrected chi connectivity index (χ4v) is 6.25. The van der Waals surface area contributed by atoms with Gasteiger partial charge in [0, 0.05) is 0 Å². The Hall–Kier alpha value is -2.24. The molecule has 0 unspecified atom stereocenters.